The second-order valence-electron chi connectivity index (χ2n) is 3.28. The second kappa shape index (κ2) is 4.98. The van der Waals surface area contributed by atoms with Crippen molar-refractivity contribution in [3.8, 4) is 0 Å². The van der Waals surface area contributed by atoms with Crippen LogP contribution in [0.4, 0.5) is 13.2 Å². The lowest BCUT2D eigenvalue weighted by molar-refractivity contribution is 0.0918. The van der Waals surface area contributed by atoms with Crippen LogP contribution in [0.1, 0.15) is 17.3 Å². The molecule has 0 saturated heterocycles. The van der Waals surface area contributed by atoms with Gasteiger partial charge in [-0.2, -0.15) is 0 Å². The standard InChI is InChI=1S/C10H10F3NO2/c1-5(15)4-14-10(16)6-2-3-7(11)9(13)8(6)12/h2-3,5,15H,4H2,1H3,(H,14,16). The number of aliphatic hydroxyl groups is 1. The predicted molar refractivity (Wildman–Crippen MR) is 50.3 cm³/mol. The van der Waals surface area contributed by atoms with Crippen molar-refractivity contribution in [2.24, 2.45) is 0 Å². The Balaban J connectivity index is 2.88. The Labute approximate surface area is 89.9 Å². The van der Waals surface area contributed by atoms with Crippen LogP contribution in [0.2, 0.25) is 0 Å². The molecule has 1 unspecified atom stereocenters. The molecular weight excluding hydrogens is 223 g/mol. The Morgan fingerprint density at radius 2 is 2.00 bits per heavy atom. The van der Waals surface area contributed by atoms with E-state index in [1.807, 2.05) is 0 Å². The molecule has 0 bridgehead atoms. The van der Waals surface area contributed by atoms with E-state index in [1.165, 1.54) is 6.92 Å². The van der Waals surface area contributed by atoms with Crippen molar-refractivity contribution in [1.29, 1.82) is 0 Å². The molecule has 0 heterocycles. The van der Waals surface area contributed by atoms with Crippen molar-refractivity contribution in [3.63, 3.8) is 0 Å². The van der Waals surface area contributed by atoms with Crippen molar-refractivity contribution >= 4 is 5.91 Å². The molecule has 3 nitrogen and oxygen atoms in total. The number of nitrogens with one attached hydrogen (secondary N) is 1. The molecule has 0 aliphatic rings. The normalized spacial score (nSPS) is 12.3. The van der Waals surface area contributed by atoms with Gasteiger partial charge in [0.05, 0.1) is 11.7 Å². The highest BCUT2D eigenvalue weighted by atomic mass is 19.2. The molecule has 0 spiro atoms. The zero-order valence-electron chi connectivity index (χ0n) is 8.43. The number of aliphatic hydroxyl groups excluding tert-OH is 1. The fourth-order valence-corrected chi connectivity index (χ4v) is 1.04. The maximum Gasteiger partial charge on any atom is 0.254 e. The van der Waals surface area contributed by atoms with E-state index < -0.39 is 35.0 Å². The van der Waals surface area contributed by atoms with Crippen molar-refractivity contribution < 1.29 is 23.1 Å². The Kier molecular flexibility index (Phi) is 3.89. The summed E-state index contributed by atoms with van der Waals surface area (Å²) < 4.78 is 38.4. The van der Waals surface area contributed by atoms with Gasteiger partial charge in [0.2, 0.25) is 0 Å². The number of rotatable bonds is 3. The van der Waals surface area contributed by atoms with Gasteiger partial charge in [-0.15, -0.1) is 0 Å². The molecule has 1 aromatic rings. The highest BCUT2D eigenvalue weighted by Crippen LogP contribution is 2.14. The summed E-state index contributed by atoms with van der Waals surface area (Å²) in [6.45, 7) is 1.32. The minimum absolute atomic E-state index is 0.0999. The van der Waals surface area contributed by atoms with Gasteiger partial charge in [-0.3, -0.25) is 4.79 Å². The van der Waals surface area contributed by atoms with E-state index in [2.05, 4.69) is 5.32 Å². The molecule has 0 fully saturated rings. The summed E-state index contributed by atoms with van der Waals surface area (Å²) in [5, 5.41) is 11.0. The molecule has 0 aromatic heterocycles. The zero-order valence-corrected chi connectivity index (χ0v) is 8.43. The predicted octanol–water partition coefficient (Wildman–Crippen LogP) is 1.21. The second-order valence-corrected chi connectivity index (χ2v) is 3.28. The monoisotopic (exact) mass is 233 g/mol. The smallest absolute Gasteiger partial charge is 0.254 e. The molecule has 0 radical (unpaired) electrons. The lowest BCUT2D eigenvalue weighted by Crippen LogP contribution is -2.31. The highest BCUT2D eigenvalue weighted by Gasteiger charge is 2.18. The van der Waals surface area contributed by atoms with Gasteiger partial charge in [0.25, 0.3) is 5.91 Å². The summed E-state index contributed by atoms with van der Waals surface area (Å²) in [4.78, 5) is 11.3. The molecule has 88 valence electrons. The minimum atomic E-state index is -1.69. The summed E-state index contributed by atoms with van der Waals surface area (Å²) in [5.41, 5.74) is -0.598. The van der Waals surface area contributed by atoms with E-state index in [9.17, 15) is 18.0 Å². The summed E-state index contributed by atoms with van der Waals surface area (Å²) in [5.74, 6) is -5.49. The lowest BCUT2D eigenvalue weighted by atomic mass is 10.2. The number of carbonyl (C=O) groups is 1. The molecule has 1 amide bonds. The summed E-state index contributed by atoms with van der Waals surface area (Å²) >= 11 is 0. The third-order valence-electron chi connectivity index (χ3n) is 1.84. The first-order valence-electron chi connectivity index (χ1n) is 4.53. The van der Waals surface area contributed by atoms with E-state index >= 15 is 0 Å². The summed E-state index contributed by atoms with van der Waals surface area (Å²) in [6, 6.07) is 1.50. The third-order valence-corrected chi connectivity index (χ3v) is 1.84. The number of hydrogen-bond donors (Lipinski definition) is 2. The van der Waals surface area contributed by atoms with E-state index in [1.54, 1.807) is 0 Å². The molecule has 16 heavy (non-hydrogen) atoms. The topological polar surface area (TPSA) is 49.3 Å². The molecule has 1 atom stereocenters. The van der Waals surface area contributed by atoms with Crippen molar-refractivity contribution in [2.75, 3.05) is 6.54 Å². The van der Waals surface area contributed by atoms with Crippen LogP contribution in [0.5, 0.6) is 0 Å². The molecule has 0 aliphatic carbocycles. The van der Waals surface area contributed by atoms with Crippen LogP contribution in [0, 0.1) is 17.5 Å². The van der Waals surface area contributed by atoms with Crippen LogP contribution in [0.25, 0.3) is 0 Å². The SMILES string of the molecule is CC(O)CNC(=O)c1ccc(F)c(F)c1F. The number of halogens is 3. The zero-order chi connectivity index (χ0) is 12.3. The van der Waals surface area contributed by atoms with Crippen LogP contribution in [-0.4, -0.2) is 23.7 Å². The Morgan fingerprint density at radius 3 is 2.56 bits per heavy atom. The quantitative estimate of drug-likeness (QED) is 0.771. The Bertz CT molecular complexity index is 407. The van der Waals surface area contributed by atoms with Gasteiger partial charge in [-0.25, -0.2) is 13.2 Å². The molecule has 1 rings (SSSR count). The maximum absolute atomic E-state index is 13.1. The summed E-state index contributed by atoms with van der Waals surface area (Å²) in [7, 11) is 0. The molecule has 2 N–H and O–H groups in total. The van der Waals surface area contributed by atoms with Crippen LogP contribution in [-0.2, 0) is 0 Å². The fraction of sp³-hybridized carbons (Fsp3) is 0.300. The summed E-state index contributed by atoms with van der Waals surface area (Å²) in [6.07, 6.45) is -0.808. The Morgan fingerprint density at radius 1 is 1.38 bits per heavy atom. The van der Waals surface area contributed by atoms with Crippen molar-refractivity contribution in [1.82, 2.24) is 5.32 Å². The van der Waals surface area contributed by atoms with Gasteiger partial charge in [0.1, 0.15) is 0 Å². The van der Waals surface area contributed by atoms with Crippen LogP contribution in [0.15, 0.2) is 12.1 Å². The lowest BCUT2D eigenvalue weighted by Gasteiger charge is -2.08. The molecular formula is C10H10F3NO2. The van der Waals surface area contributed by atoms with Gasteiger partial charge in [0, 0.05) is 6.54 Å². The number of benzene rings is 1. The van der Waals surface area contributed by atoms with Crippen LogP contribution < -0.4 is 5.32 Å². The van der Waals surface area contributed by atoms with Gasteiger partial charge in [0.15, 0.2) is 17.5 Å². The molecule has 0 saturated carbocycles. The van der Waals surface area contributed by atoms with E-state index in [0.717, 1.165) is 6.07 Å². The largest absolute Gasteiger partial charge is 0.392 e. The molecule has 6 heteroatoms. The third kappa shape index (κ3) is 2.73. The molecule has 0 aliphatic heterocycles. The van der Waals surface area contributed by atoms with E-state index in [0.29, 0.717) is 6.07 Å². The van der Waals surface area contributed by atoms with Crippen LogP contribution >= 0.6 is 0 Å². The van der Waals surface area contributed by atoms with Gasteiger partial charge in [-0.1, -0.05) is 0 Å². The average Bonchev–Trinajstić information content (AvgIpc) is 2.23. The Hall–Kier alpha value is -1.56. The van der Waals surface area contributed by atoms with Gasteiger partial charge >= 0.3 is 0 Å². The van der Waals surface area contributed by atoms with E-state index in [-0.39, 0.29) is 6.54 Å². The number of hydrogen-bond acceptors (Lipinski definition) is 2. The minimum Gasteiger partial charge on any atom is -0.392 e. The fourth-order valence-electron chi connectivity index (χ4n) is 1.04. The van der Waals surface area contributed by atoms with E-state index in [4.69, 9.17) is 5.11 Å². The first kappa shape index (κ1) is 12.5. The first-order chi connectivity index (χ1) is 7.43. The molecule has 1 aromatic carbocycles. The van der Waals surface area contributed by atoms with Gasteiger partial charge in [-0.05, 0) is 19.1 Å². The maximum atomic E-state index is 13.1. The number of carbonyl (C=O) groups excluding carboxylic acids is 1. The average molecular weight is 233 g/mol. The number of amides is 1. The highest BCUT2D eigenvalue weighted by molar-refractivity contribution is 5.94. The first-order valence-corrected chi connectivity index (χ1v) is 4.53. The van der Waals surface area contributed by atoms with Crippen molar-refractivity contribution in [3.05, 3.63) is 35.1 Å². The van der Waals surface area contributed by atoms with Gasteiger partial charge < -0.3 is 10.4 Å². The van der Waals surface area contributed by atoms with Crippen LogP contribution in [0.3, 0.4) is 0 Å². The van der Waals surface area contributed by atoms with Crippen molar-refractivity contribution in [2.45, 2.75) is 13.0 Å².